The van der Waals surface area contributed by atoms with Gasteiger partial charge in [-0.3, -0.25) is 9.58 Å². The quantitative estimate of drug-likeness (QED) is 0.667. The Labute approximate surface area is 155 Å². The summed E-state index contributed by atoms with van der Waals surface area (Å²) in [7, 11) is 1.73. The Hall–Kier alpha value is -2.59. The van der Waals surface area contributed by atoms with Crippen LogP contribution in [0.3, 0.4) is 0 Å². The second kappa shape index (κ2) is 7.75. The molecule has 4 nitrogen and oxygen atoms in total. The first-order valence-corrected chi connectivity index (χ1v) is 9.25. The van der Waals surface area contributed by atoms with Gasteiger partial charge in [0.05, 0.1) is 13.7 Å². The number of likely N-dealkylation sites (tertiary alicyclic amines) is 1. The van der Waals surface area contributed by atoms with Gasteiger partial charge in [0.15, 0.2) is 0 Å². The highest BCUT2D eigenvalue weighted by Crippen LogP contribution is 2.34. The maximum Gasteiger partial charge on any atom is 0.119 e. The Bertz CT molecular complexity index is 844. The lowest BCUT2D eigenvalue weighted by molar-refractivity contribution is 0.248. The second-order valence-corrected chi connectivity index (χ2v) is 6.93. The summed E-state index contributed by atoms with van der Waals surface area (Å²) >= 11 is 0. The van der Waals surface area contributed by atoms with Crippen molar-refractivity contribution < 1.29 is 4.74 Å². The lowest BCUT2D eigenvalue weighted by Crippen LogP contribution is -2.22. The third kappa shape index (κ3) is 3.81. The van der Waals surface area contributed by atoms with Crippen molar-refractivity contribution in [2.24, 2.45) is 0 Å². The van der Waals surface area contributed by atoms with Crippen LogP contribution in [0, 0.1) is 0 Å². The standard InChI is InChI=1S/C22H25N3O/c1-26-21-9-3-8-20(15-21)22-10-4-12-24(22)16-18-6-2-7-19(14-18)17-25-13-5-11-23-25/h2-3,5-9,11,13-15,22H,4,10,12,16-17H2,1H3/t22-/m1/s1. The van der Waals surface area contributed by atoms with Crippen LogP contribution in [0.2, 0.25) is 0 Å². The van der Waals surface area contributed by atoms with Gasteiger partial charge in [-0.05, 0) is 54.3 Å². The van der Waals surface area contributed by atoms with E-state index in [0.717, 1.165) is 25.4 Å². The van der Waals surface area contributed by atoms with Gasteiger partial charge in [-0.25, -0.2) is 0 Å². The summed E-state index contributed by atoms with van der Waals surface area (Å²) in [5.74, 6) is 0.940. The molecule has 134 valence electrons. The lowest BCUT2D eigenvalue weighted by atomic mass is 10.0. The summed E-state index contributed by atoms with van der Waals surface area (Å²) in [6.45, 7) is 2.94. The van der Waals surface area contributed by atoms with Crippen LogP contribution in [0.15, 0.2) is 67.0 Å². The Morgan fingerprint density at radius 2 is 1.88 bits per heavy atom. The molecule has 26 heavy (non-hydrogen) atoms. The molecule has 0 spiro atoms. The average Bonchev–Trinajstić information content (AvgIpc) is 3.34. The first kappa shape index (κ1) is 16.9. The van der Waals surface area contributed by atoms with Gasteiger partial charge in [0.25, 0.3) is 0 Å². The molecule has 0 aliphatic carbocycles. The average molecular weight is 347 g/mol. The summed E-state index contributed by atoms with van der Waals surface area (Å²) in [5.41, 5.74) is 4.02. The minimum Gasteiger partial charge on any atom is -0.497 e. The van der Waals surface area contributed by atoms with Crippen LogP contribution in [-0.2, 0) is 13.1 Å². The van der Waals surface area contributed by atoms with E-state index in [1.54, 1.807) is 7.11 Å². The smallest absolute Gasteiger partial charge is 0.119 e. The van der Waals surface area contributed by atoms with Crippen LogP contribution in [-0.4, -0.2) is 28.3 Å². The Kier molecular flexibility index (Phi) is 5.02. The van der Waals surface area contributed by atoms with Crippen LogP contribution in [0.4, 0.5) is 0 Å². The van der Waals surface area contributed by atoms with Gasteiger partial charge in [0.1, 0.15) is 5.75 Å². The van der Waals surface area contributed by atoms with Gasteiger partial charge in [-0.15, -0.1) is 0 Å². The second-order valence-electron chi connectivity index (χ2n) is 6.93. The SMILES string of the molecule is COc1cccc([C@H]2CCCN2Cc2cccc(Cn3cccn3)c2)c1. The zero-order valence-corrected chi connectivity index (χ0v) is 15.2. The van der Waals surface area contributed by atoms with E-state index >= 15 is 0 Å². The third-order valence-electron chi connectivity index (χ3n) is 5.12. The van der Waals surface area contributed by atoms with Crippen molar-refractivity contribution in [2.45, 2.75) is 32.0 Å². The van der Waals surface area contributed by atoms with E-state index in [1.807, 2.05) is 29.2 Å². The van der Waals surface area contributed by atoms with E-state index < -0.39 is 0 Å². The van der Waals surface area contributed by atoms with Crippen LogP contribution >= 0.6 is 0 Å². The number of hydrogen-bond acceptors (Lipinski definition) is 3. The molecule has 0 bridgehead atoms. The number of hydrogen-bond donors (Lipinski definition) is 0. The van der Waals surface area contributed by atoms with E-state index in [0.29, 0.717) is 6.04 Å². The monoisotopic (exact) mass is 347 g/mol. The molecule has 1 fully saturated rings. The molecule has 1 aromatic heterocycles. The normalized spacial score (nSPS) is 17.5. The third-order valence-corrected chi connectivity index (χ3v) is 5.12. The highest BCUT2D eigenvalue weighted by molar-refractivity contribution is 5.31. The molecule has 2 aromatic carbocycles. The summed E-state index contributed by atoms with van der Waals surface area (Å²) < 4.78 is 7.37. The van der Waals surface area contributed by atoms with E-state index in [4.69, 9.17) is 4.74 Å². The molecule has 0 saturated carbocycles. The number of methoxy groups -OCH3 is 1. The molecule has 1 aliphatic heterocycles. The Balaban J connectivity index is 1.49. The van der Waals surface area contributed by atoms with Gasteiger partial charge in [0, 0.05) is 25.0 Å². The fraction of sp³-hybridized carbons (Fsp3) is 0.318. The van der Waals surface area contributed by atoms with Gasteiger partial charge >= 0.3 is 0 Å². The van der Waals surface area contributed by atoms with Crippen molar-refractivity contribution in [3.63, 3.8) is 0 Å². The Morgan fingerprint density at radius 1 is 1.04 bits per heavy atom. The molecule has 1 atom stereocenters. The first-order valence-electron chi connectivity index (χ1n) is 9.25. The van der Waals surface area contributed by atoms with Crippen molar-refractivity contribution in [3.8, 4) is 5.75 Å². The molecule has 0 unspecified atom stereocenters. The van der Waals surface area contributed by atoms with E-state index in [9.17, 15) is 0 Å². The maximum absolute atomic E-state index is 5.41. The van der Waals surface area contributed by atoms with Gasteiger partial charge in [-0.2, -0.15) is 5.10 Å². The molecule has 4 rings (SSSR count). The number of benzene rings is 2. The van der Waals surface area contributed by atoms with Crippen molar-refractivity contribution >= 4 is 0 Å². The van der Waals surface area contributed by atoms with Crippen molar-refractivity contribution in [1.29, 1.82) is 0 Å². The van der Waals surface area contributed by atoms with Crippen molar-refractivity contribution in [1.82, 2.24) is 14.7 Å². The largest absolute Gasteiger partial charge is 0.497 e. The molecule has 0 N–H and O–H groups in total. The van der Waals surface area contributed by atoms with Gasteiger partial charge in [0.2, 0.25) is 0 Å². The summed E-state index contributed by atoms with van der Waals surface area (Å²) in [6, 6.07) is 19.8. The van der Waals surface area contributed by atoms with E-state index in [1.165, 1.54) is 29.5 Å². The van der Waals surface area contributed by atoms with Crippen molar-refractivity contribution in [2.75, 3.05) is 13.7 Å². The molecule has 2 heterocycles. The summed E-state index contributed by atoms with van der Waals surface area (Å²) in [4.78, 5) is 2.59. The Morgan fingerprint density at radius 3 is 2.69 bits per heavy atom. The fourth-order valence-electron chi connectivity index (χ4n) is 3.88. The maximum atomic E-state index is 5.41. The van der Waals surface area contributed by atoms with Crippen LogP contribution in [0.25, 0.3) is 0 Å². The first-order chi connectivity index (χ1) is 12.8. The molecular formula is C22H25N3O. The number of rotatable bonds is 6. The highest BCUT2D eigenvalue weighted by Gasteiger charge is 2.26. The predicted molar refractivity (Wildman–Crippen MR) is 103 cm³/mol. The van der Waals surface area contributed by atoms with E-state index in [-0.39, 0.29) is 0 Å². The van der Waals surface area contributed by atoms with Gasteiger partial charge in [-0.1, -0.05) is 36.4 Å². The number of aromatic nitrogens is 2. The molecule has 0 radical (unpaired) electrons. The predicted octanol–water partition coefficient (Wildman–Crippen LogP) is 4.28. The minimum absolute atomic E-state index is 0.472. The lowest BCUT2D eigenvalue weighted by Gasteiger charge is -2.25. The van der Waals surface area contributed by atoms with Crippen LogP contribution < -0.4 is 4.74 Å². The van der Waals surface area contributed by atoms with Crippen molar-refractivity contribution in [3.05, 3.63) is 83.7 Å². The molecular weight excluding hydrogens is 322 g/mol. The summed E-state index contributed by atoms with van der Waals surface area (Å²) in [5, 5.41) is 4.31. The van der Waals surface area contributed by atoms with Crippen LogP contribution in [0.1, 0.15) is 35.6 Å². The van der Waals surface area contributed by atoms with Crippen LogP contribution in [0.5, 0.6) is 5.75 Å². The topological polar surface area (TPSA) is 30.3 Å². The molecule has 4 heteroatoms. The summed E-state index contributed by atoms with van der Waals surface area (Å²) in [6.07, 6.45) is 6.29. The molecule has 1 aliphatic rings. The zero-order chi connectivity index (χ0) is 17.8. The number of nitrogens with zero attached hydrogens (tertiary/aromatic N) is 3. The molecule has 1 saturated heterocycles. The number of ether oxygens (including phenoxy) is 1. The molecule has 0 amide bonds. The molecule has 3 aromatic rings. The highest BCUT2D eigenvalue weighted by atomic mass is 16.5. The van der Waals surface area contributed by atoms with E-state index in [2.05, 4.69) is 52.5 Å². The van der Waals surface area contributed by atoms with Gasteiger partial charge < -0.3 is 4.74 Å². The zero-order valence-electron chi connectivity index (χ0n) is 15.2. The fourth-order valence-corrected chi connectivity index (χ4v) is 3.88. The minimum atomic E-state index is 0.472.